The molecule has 1 aromatic carbocycles. The van der Waals surface area contributed by atoms with E-state index in [4.69, 9.17) is 11.6 Å². The second kappa shape index (κ2) is 3.28. The Kier molecular flexibility index (Phi) is 2.26. The molecule has 1 aromatic heterocycles. The van der Waals surface area contributed by atoms with Crippen LogP contribution in [0.25, 0.3) is 10.8 Å². The molecule has 0 aliphatic carbocycles. The van der Waals surface area contributed by atoms with Gasteiger partial charge in [0.05, 0.1) is 0 Å². The van der Waals surface area contributed by atoms with Crippen molar-refractivity contribution >= 4 is 38.3 Å². The Balaban J connectivity index is 2.86. The average molecular weight is 257 g/mol. The molecule has 0 aliphatic heterocycles. The number of aromatic nitrogens is 1. The first kappa shape index (κ1) is 8.97. The highest BCUT2D eigenvalue weighted by Gasteiger charge is 2.00. The van der Waals surface area contributed by atoms with E-state index in [1.54, 1.807) is 0 Å². The van der Waals surface area contributed by atoms with Crippen LogP contribution in [0.4, 0.5) is 0 Å². The summed E-state index contributed by atoms with van der Waals surface area (Å²) in [6.07, 6.45) is 0. The molecule has 0 radical (unpaired) electrons. The lowest BCUT2D eigenvalue weighted by atomic mass is 10.1. The van der Waals surface area contributed by atoms with E-state index < -0.39 is 0 Å². The van der Waals surface area contributed by atoms with Gasteiger partial charge < -0.3 is 0 Å². The van der Waals surface area contributed by atoms with Gasteiger partial charge in [0.1, 0.15) is 5.15 Å². The van der Waals surface area contributed by atoms with Gasteiger partial charge in [-0.1, -0.05) is 33.6 Å². The third-order valence-corrected chi connectivity index (χ3v) is 2.64. The van der Waals surface area contributed by atoms with Gasteiger partial charge in [0.2, 0.25) is 0 Å². The van der Waals surface area contributed by atoms with Crippen LogP contribution in [0.1, 0.15) is 5.69 Å². The van der Waals surface area contributed by atoms with E-state index in [2.05, 4.69) is 20.9 Å². The van der Waals surface area contributed by atoms with Crippen molar-refractivity contribution in [1.29, 1.82) is 0 Å². The molecule has 0 saturated carbocycles. The quantitative estimate of drug-likeness (QED) is 0.650. The molecule has 0 saturated heterocycles. The average Bonchev–Trinajstić information content (AvgIpc) is 2.02. The van der Waals surface area contributed by atoms with E-state index in [1.807, 2.05) is 31.2 Å². The van der Waals surface area contributed by atoms with Crippen LogP contribution in [0.15, 0.2) is 28.7 Å². The summed E-state index contributed by atoms with van der Waals surface area (Å²) in [7, 11) is 0. The zero-order valence-corrected chi connectivity index (χ0v) is 9.35. The second-order valence-corrected chi connectivity index (χ2v) is 4.20. The third kappa shape index (κ3) is 1.69. The number of pyridine rings is 1. The number of aryl methyl sites for hydroxylation is 1. The lowest BCUT2D eigenvalue weighted by molar-refractivity contribution is 1.24. The minimum absolute atomic E-state index is 0.545. The Morgan fingerprint density at radius 3 is 2.85 bits per heavy atom. The van der Waals surface area contributed by atoms with Crippen LogP contribution in [0.3, 0.4) is 0 Å². The first-order valence-electron chi connectivity index (χ1n) is 3.89. The summed E-state index contributed by atoms with van der Waals surface area (Å²) >= 11 is 9.27. The summed E-state index contributed by atoms with van der Waals surface area (Å²) in [4.78, 5) is 4.18. The van der Waals surface area contributed by atoms with E-state index >= 15 is 0 Å². The molecule has 0 fully saturated rings. The fourth-order valence-electron chi connectivity index (χ4n) is 1.36. The highest BCUT2D eigenvalue weighted by atomic mass is 79.9. The van der Waals surface area contributed by atoms with Gasteiger partial charge in [-0.15, -0.1) is 0 Å². The molecule has 1 nitrogen and oxygen atoms in total. The first-order chi connectivity index (χ1) is 6.16. The molecule has 2 aromatic rings. The van der Waals surface area contributed by atoms with Gasteiger partial charge in [0.15, 0.2) is 0 Å². The predicted octanol–water partition coefficient (Wildman–Crippen LogP) is 3.96. The number of halogens is 2. The van der Waals surface area contributed by atoms with Crippen LogP contribution in [-0.2, 0) is 0 Å². The SMILES string of the molecule is Cc1nc(Cl)cc2cc(Br)ccc12. The number of hydrogen-bond donors (Lipinski definition) is 0. The van der Waals surface area contributed by atoms with Gasteiger partial charge in [-0.2, -0.15) is 0 Å². The Labute approximate surface area is 89.9 Å². The Hall–Kier alpha value is -0.600. The predicted molar refractivity (Wildman–Crippen MR) is 59.2 cm³/mol. The highest BCUT2D eigenvalue weighted by molar-refractivity contribution is 9.10. The topological polar surface area (TPSA) is 12.9 Å². The van der Waals surface area contributed by atoms with E-state index in [-0.39, 0.29) is 0 Å². The zero-order valence-electron chi connectivity index (χ0n) is 7.01. The molecule has 0 amide bonds. The van der Waals surface area contributed by atoms with Crippen molar-refractivity contribution in [3.8, 4) is 0 Å². The molecular formula is C10H7BrClN. The third-order valence-electron chi connectivity index (χ3n) is 1.95. The second-order valence-electron chi connectivity index (χ2n) is 2.90. The van der Waals surface area contributed by atoms with Crippen molar-refractivity contribution in [3.63, 3.8) is 0 Å². The molecule has 13 heavy (non-hydrogen) atoms. The normalized spacial score (nSPS) is 10.7. The summed E-state index contributed by atoms with van der Waals surface area (Å²) in [6, 6.07) is 7.95. The van der Waals surface area contributed by atoms with E-state index in [1.165, 1.54) is 0 Å². The molecule has 2 rings (SSSR count). The van der Waals surface area contributed by atoms with Crippen LogP contribution >= 0.6 is 27.5 Å². The van der Waals surface area contributed by atoms with Crippen molar-refractivity contribution in [2.45, 2.75) is 6.92 Å². The van der Waals surface area contributed by atoms with Gasteiger partial charge in [-0.05, 0) is 30.5 Å². The van der Waals surface area contributed by atoms with Crippen LogP contribution < -0.4 is 0 Å². The zero-order chi connectivity index (χ0) is 9.42. The number of nitrogens with zero attached hydrogens (tertiary/aromatic N) is 1. The molecule has 0 aliphatic rings. The number of rotatable bonds is 0. The molecule has 0 N–H and O–H groups in total. The molecule has 3 heteroatoms. The van der Waals surface area contributed by atoms with Crippen molar-refractivity contribution < 1.29 is 0 Å². The molecule has 0 bridgehead atoms. The van der Waals surface area contributed by atoms with Gasteiger partial charge in [0.25, 0.3) is 0 Å². The summed E-state index contributed by atoms with van der Waals surface area (Å²) in [6.45, 7) is 1.96. The van der Waals surface area contributed by atoms with Gasteiger partial charge in [-0.25, -0.2) is 4.98 Å². The Morgan fingerprint density at radius 1 is 1.31 bits per heavy atom. The number of fused-ring (bicyclic) bond motifs is 1. The van der Waals surface area contributed by atoms with Crippen LogP contribution in [-0.4, -0.2) is 4.98 Å². The van der Waals surface area contributed by atoms with Crippen molar-refractivity contribution in [3.05, 3.63) is 39.6 Å². The summed E-state index contributed by atoms with van der Waals surface area (Å²) in [5, 5.41) is 2.81. The number of hydrogen-bond acceptors (Lipinski definition) is 1. The van der Waals surface area contributed by atoms with E-state index in [9.17, 15) is 0 Å². The van der Waals surface area contributed by atoms with Crippen molar-refractivity contribution in [2.24, 2.45) is 0 Å². The maximum Gasteiger partial charge on any atom is 0.129 e. The Bertz CT molecular complexity index is 462. The van der Waals surface area contributed by atoms with Crippen molar-refractivity contribution in [1.82, 2.24) is 4.98 Å². The number of benzene rings is 1. The van der Waals surface area contributed by atoms with Gasteiger partial charge in [0, 0.05) is 15.6 Å². The maximum atomic E-state index is 5.85. The van der Waals surface area contributed by atoms with Gasteiger partial charge in [-0.3, -0.25) is 0 Å². The lowest BCUT2D eigenvalue weighted by Crippen LogP contribution is -1.84. The maximum absolute atomic E-state index is 5.85. The molecule has 0 unspecified atom stereocenters. The molecule has 0 atom stereocenters. The minimum atomic E-state index is 0.545. The van der Waals surface area contributed by atoms with Crippen molar-refractivity contribution in [2.75, 3.05) is 0 Å². The molecular weight excluding hydrogens is 249 g/mol. The van der Waals surface area contributed by atoms with E-state index in [0.29, 0.717) is 5.15 Å². The molecule has 1 heterocycles. The first-order valence-corrected chi connectivity index (χ1v) is 5.06. The van der Waals surface area contributed by atoms with Crippen LogP contribution in [0.2, 0.25) is 5.15 Å². The smallest absolute Gasteiger partial charge is 0.129 e. The standard InChI is InChI=1S/C10H7BrClN/c1-6-9-3-2-8(11)4-7(9)5-10(12)13-6/h2-5H,1H3. The largest absolute Gasteiger partial charge is 0.241 e. The molecule has 66 valence electrons. The lowest BCUT2D eigenvalue weighted by Gasteiger charge is -2.02. The van der Waals surface area contributed by atoms with Gasteiger partial charge >= 0.3 is 0 Å². The summed E-state index contributed by atoms with van der Waals surface area (Å²) < 4.78 is 1.06. The minimum Gasteiger partial charge on any atom is -0.241 e. The monoisotopic (exact) mass is 255 g/mol. The van der Waals surface area contributed by atoms with Crippen LogP contribution in [0, 0.1) is 6.92 Å². The summed E-state index contributed by atoms with van der Waals surface area (Å²) in [5.41, 5.74) is 0.968. The molecule has 0 spiro atoms. The fourth-order valence-corrected chi connectivity index (χ4v) is 1.99. The van der Waals surface area contributed by atoms with Crippen LogP contribution in [0.5, 0.6) is 0 Å². The Morgan fingerprint density at radius 2 is 2.08 bits per heavy atom. The van der Waals surface area contributed by atoms with E-state index in [0.717, 1.165) is 20.9 Å². The highest BCUT2D eigenvalue weighted by Crippen LogP contribution is 2.23. The fraction of sp³-hybridized carbons (Fsp3) is 0.100. The summed E-state index contributed by atoms with van der Waals surface area (Å²) in [5.74, 6) is 0.